The number of hydrogen-bond acceptors (Lipinski definition) is 5. The van der Waals surface area contributed by atoms with Crippen molar-refractivity contribution in [3.05, 3.63) is 35.2 Å². The number of hydrogen-bond donors (Lipinski definition) is 1. The van der Waals surface area contributed by atoms with Gasteiger partial charge in [0, 0.05) is 36.2 Å². The third-order valence-corrected chi connectivity index (χ3v) is 4.68. The molecule has 1 aromatic heterocycles. The fraction of sp³-hybridized carbons (Fsp3) is 0.429. The van der Waals surface area contributed by atoms with Crippen LogP contribution in [0.5, 0.6) is 0 Å². The zero-order valence-electron chi connectivity index (χ0n) is 10.7. The smallest absolute Gasteiger partial charge is 0.205 e. The number of fused-ring (bicyclic) bond motifs is 1. The molecule has 2 aliphatic rings. The summed E-state index contributed by atoms with van der Waals surface area (Å²) in [6.45, 7) is 1.93. The van der Waals surface area contributed by atoms with Crippen LogP contribution >= 0.6 is 11.5 Å². The van der Waals surface area contributed by atoms with E-state index >= 15 is 0 Å². The van der Waals surface area contributed by atoms with Gasteiger partial charge in [0.1, 0.15) is 5.82 Å². The van der Waals surface area contributed by atoms with Crippen molar-refractivity contribution in [2.45, 2.75) is 31.7 Å². The fourth-order valence-corrected chi connectivity index (χ4v) is 3.37. The molecule has 0 atom stereocenters. The molecule has 0 spiro atoms. The molecule has 0 radical (unpaired) electrons. The third-order valence-electron chi connectivity index (χ3n) is 3.89. The second kappa shape index (κ2) is 4.20. The van der Waals surface area contributed by atoms with E-state index in [1.54, 1.807) is 0 Å². The van der Waals surface area contributed by atoms with Gasteiger partial charge in [0.15, 0.2) is 0 Å². The van der Waals surface area contributed by atoms with Crippen LogP contribution < -0.4 is 10.6 Å². The summed E-state index contributed by atoms with van der Waals surface area (Å²) in [4.78, 5) is 7.02. The second-order valence-corrected chi connectivity index (χ2v) is 6.14. The molecule has 1 aliphatic heterocycles. The van der Waals surface area contributed by atoms with E-state index < -0.39 is 0 Å². The van der Waals surface area contributed by atoms with Crippen molar-refractivity contribution < 1.29 is 0 Å². The molecule has 19 heavy (non-hydrogen) atoms. The van der Waals surface area contributed by atoms with Gasteiger partial charge in [0.2, 0.25) is 5.13 Å². The molecule has 98 valence electrons. The lowest BCUT2D eigenvalue weighted by atomic mass is 9.99. The zero-order chi connectivity index (χ0) is 12.8. The molecule has 1 saturated carbocycles. The largest absolute Gasteiger partial charge is 0.399 e. The molecule has 2 heterocycles. The minimum atomic E-state index is 0.637. The Balaban J connectivity index is 1.59. The molecule has 2 aromatic rings. The van der Waals surface area contributed by atoms with E-state index in [4.69, 9.17) is 10.7 Å². The van der Waals surface area contributed by atoms with Crippen LogP contribution in [0.15, 0.2) is 18.2 Å². The molecular formula is C14H16N4S. The summed E-state index contributed by atoms with van der Waals surface area (Å²) in [7, 11) is 0. The Morgan fingerprint density at radius 2 is 2.16 bits per heavy atom. The lowest BCUT2D eigenvalue weighted by Crippen LogP contribution is -2.30. The normalized spacial score (nSPS) is 18.4. The number of nitrogen functional groups attached to an aromatic ring is 1. The predicted molar refractivity (Wildman–Crippen MR) is 77.5 cm³/mol. The number of benzene rings is 1. The van der Waals surface area contributed by atoms with Crippen LogP contribution in [0.2, 0.25) is 0 Å². The maximum atomic E-state index is 5.87. The summed E-state index contributed by atoms with van der Waals surface area (Å²) in [5, 5.41) is 1.06. The van der Waals surface area contributed by atoms with E-state index in [-0.39, 0.29) is 0 Å². The first-order valence-electron chi connectivity index (χ1n) is 6.75. The molecule has 4 rings (SSSR count). The lowest BCUT2D eigenvalue weighted by Gasteiger charge is -2.28. The van der Waals surface area contributed by atoms with Gasteiger partial charge < -0.3 is 10.6 Å². The first-order valence-corrected chi connectivity index (χ1v) is 7.53. The minimum Gasteiger partial charge on any atom is -0.399 e. The van der Waals surface area contributed by atoms with Gasteiger partial charge in [-0.1, -0.05) is 6.07 Å². The van der Waals surface area contributed by atoms with Gasteiger partial charge in [-0.3, -0.25) is 0 Å². The maximum absolute atomic E-state index is 5.87. The van der Waals surface area contributed by atoms with Crippen LogP contribution in [0.4, 0.5) is 10.8 Å². The van der Waals surface area contributed by atoms with E-state index in [2.05, 4.69) is 21.4 Å². The summed E-state index contributed by atoms with van der Waals surface area (Å²) in [5.41, 5.74) is 9.46. The van der Waals surface area contributed by atoms with Crippen LogP contribution in [0.25, 0.3) is 0 Å². The zero-order valence-corrected chi connectivity index (χ0v) is 11.5. The molecule has 4 nitrogen and oxygen atoms in total. The molecule has 2 N–H and O–H groups in total. The van der Waals surface area contributed by atoms with Gasteiger partial charge in [-0.2, -0.15) is 4.37 Å². The van der Waals surface area contributed by atoms with E-state index in [9.17, 15) is 0 Å². The number of nitrogens with zero attached hydrogens (tertiary/aromatic N) is 3. The van der Waals surface area contributed by atoms with E-state index in [1.807, 2.05) is 6.07 Å². The van der Waals surface area contributed by atoms with E-state index in [0.29, 0.717) is 5.92 Å². The molecule has 0 bridgehead atoms. The van der Waals surface area contributed by atoms with E-state index in [1.165, 1.54) is 35.5 Å². The van der Waals surface area contributed by atoms with Gasteiger partial charge >= 0.3 is 0 Å². The Bertz CT molecular complexity index is 618. The van der Waals surface area contributed by atoms with Gasteiger partial charge in [-0.15, -0.1) is 0 Å². The molecule has 0 amide bonds. The van der Waals surface area contributed by atoms with Crippen molar-refractivity contribution in [3.63, 3.8) is 0 Å². The standard InChI is InChI=1S/C14H16N4S/c15-12-4-3-9-5-6-18(8-11(9)7-12)14-16-13(17-19-14)10-1-2-10/h3-4,7,10H,1-2,5-6,8,15H2. The van der Waals surface area contributed by atoms with Crippen molar-refractivity contribution in [1.29, 1.82) is 0 Å². The van der Waals surface area contributed by atoms with Crippen molar-refractivity contribution in [1.82, 2.24) is 9.36 Å². The van der Waals surface area contributed by atoms with E-state index in [0.717, 1.165) is 36.2 Å². The molecule has 1 aromatic carbocycles. The highest BCUT2D eigenvalue weighted by Crippen LogP contribution is 2.40. The van der Waals surface area contributed by atoms with Crippen LogP contribution in [0.3, 0.4) is 0 Å². The summed E-state index contributed by atoms with van der Waals surface area (Å²) >= 11 is 1.54. The first-order chi connectivity index (χ1) is 9.29. The van der Waals surface area contributed by atoms with Gasteiger partial charge in [-0.05, 0) is 42.5 Å². The fourth-order valence-electron chi connectivity index (χ4n) is 2.60. The average Bonchev–Trinajstić information content (AvgIpc) is 3.16. The summed E-state index contributed by atoms with van der Waals surface area (Å²) in [6, 6.07) is 6.23. The van der Waals surface area contributed by atoms with Crippen LogP contribution in [0, 0.1) is 0 Å². The summed E-state index contributed by atoms with van der Waals surface area (Å²) in [6.07, 6.45) is 3.58. The first kappa shape index (κ1) is 11.2. The van der Waals surface area contributed by atoms with Crippen molar-refractivity contribution in [2.75, 3.05) is 17.2 Å². The van der Waals surface area contributed by atoms with Gasteiger partial charge in [0.05, 0.1) is 0 Å². The van der Waals surface area contributed by atoms with Gasteiger partial charge in [0.25, 0.3) is 0 Å². The van der Waals surface area contributed by atoms with Crippen molar-refractivity contribution in [2.24, 2.45) is 0 Å². The molecular weight excluding hydrogens is 256 g/mol. The highest BCUT2D eigenvalue weighted by molar-refractivity contribution is 7.09. The van der Waals surface area contributed by atoms with Crippen molar-refractivity contribution in [3.8, 4) is 0 Å². The van der Waals surface area contributed by atoms with Crippen LogP contribution in [-0.4, -0.2) is 15.9 Å². The molecule has 0 unspecified atom stereocenters. The van der Waals surface area contributed by atoms with Crippen LogP contribution in [-0.2, 0) is 13.0 Å². The number of nitrogens with two attached hydrogens (primary N) is 1. The van der Waals surface area contributed by atoms with Crippen LogP contribution in [0.1, 0.15) is 35.7 Å². The molecule has 1 aliphatic carbocycles. The average molecular weight is 272 g/mol. The SMILES string of the molecule is Nc1ccc2c(c1)CN(c1nc(C3CC3)ns1)CC2. The highest BCUT2D eigenvalue weighted by Gasteiger charge is 2.29. The number of aromatic nitrogens is 2. The Hall–Kier alpha value is -1.62. The molecule has 1 fully saturated rings. The predicted octanol–water partition coefficient (Wildman–Crippen LogP) is 2.56. The Kier molecular flexibility index (Phi) is 2.48. The Labute approximate surface area is 116 Å². The quantitative estimate of drug-likeness (QED) is 0.854. The lowest BCUT2D eigenvalue weighted by molar-refractivity contribution is 0.727. The highest BCUT2D eigenvalue weighted by atomic mass is 32.1. The summed E-state index contributed by atoms with van der Waals surface area (Å²) < 4.78 is 4.49. The van der Waals surface area contributed by atoms with Crippen molar-refractivity contribution >= 4 is 22.4 Å². The summed E-state index contributed by atoms with van der Waals surface area (Å²) in [5.74, 6) is 1.69. The number of anilines is 2. The maximum Gasteiger partial charge on any atom is 0.205 e. The monoisotopic (exact) mass is 272 g/mol. The second-order valence-electron chi connectivity index (χ2n) is 5.41. The topological polar surface area (TPSA) is 55.0 Å². The molecule has 0 saturated heterocycles. The molecule has 5 heteroatoms. The Morgan fingerprint density at radius 1 is 1.26 bits per heavy atom. The Morgan fingerprint density at radius 3 is 3.00 bits per heavy atom. The number of rotatable bonds is 2. The minimum absolute atomic E-state index is 0.637. The van der Waals surface area contributed by atoms with Gasteiger partial charge in [-0.25, -0.2) is 4.98 Å². The third kappa shape index (κ3) is 2.08.